The van der Waals surface area contributed by atoms with Crippen molar-refractivity contribution in [1.29, 1.82) is 0 Å². The summed E-state index contributed by atoms with van der Waals surface area (Å²) >= 11 is 0. The van der Waals surface area contributed by atoms with Gasteiger partial charge < -0.3 is 9.64 Å². The van der Waals surface area contributed by atoms with Gasteiger partial charge in [-0.05, 0) is 25.1 Å². The zero-order valence-corrected chi connectivity index (χ0v) is 11.7. The molecular weight excluding hydrogens is 268 g/mol. The van der Waals surface area contributed by atoms with Gasteiger partial charge in [-0.3, -0.25) is 9.59 Å². The molecule has 0 heterocycles. The summed E-state index contributed by atoms with van der Waals surface area (Å²) in [5.74, 6) is -3.46. The molecule has 20 heavy (non-hydrogen) atoms. The molecule has 1 unspecified atom stereocenters. The molecule has 0 aliphatic heterocycles. The van der Waals surface area contributed by atoms with Gasteiger partial charge in [0.05, 0.1) is 13.0 Å². The van der Waals surface area contributed by atoms with Crippen LogP contribution in [-0.2, 0) is 9.53 Å². The van der Waals surface area contributed by atoms with Crippen molar-refractivity contribution in [3.63, 3.8) is 0 Å². The fraction of sp³-hybridized carbons (Fsp3) is 0.429. The number of benzene rings is 1. The first-order valence-corrected chi connectivity index (χ1v) is 6.22. The number of hydrogen-bond donors (Lipinski definition) is 0. The van der Waals surface area contributed by atoms with Crippen LogP contribution in [0.2, 0.25) is 0 Å². The van der Waals surface area contributed by atoms with Gasteiger partial charge in [-0.1, -0.05) is 6.92 Å². The molecule has 1 aromatic rings. The Labute approximate surface area is 116 Å². The SMILES string of the molecule is CCN(CC(C)C(=O)OC)C(=O)c1ccc(F)c(F)c1. The van der Waals surface area contributed by atoms with Gasteiger partial charge in [-0.25, -0.2) is 8.78 Å². The fourth-order valence-electron chi connectivity index (χ4n) is 1.77. The van der Waals surface area contributed by atoms with E-state index in [-0.39, 0.29) is 12.1 Å². The van der Waals surface area contributed by atoms with E-state index < -0.39 is 29.4 Å². The van der Waals surface area contributed by atoms with Gasteiger partial charge >= 0.3 is 5.97 Å². The number of methoxy groups -OCH3 is 1. The van der Waals surface area contributed by atoms with E-state index >= 15 is 0 Å². The molecule has 4 nitrogen and oxygen atoms in total. The van der Waals surface area contributed by atoms with Crippen LogP contribution in [0.15, 0.2) is 18.2 Å². The van der Waals surface area contributed by atoms with Crippen LogP contribution in [0.4, 0.5) is 8.78 Å². The van der Waals surface area contributed by atoms with Crippen LogP contribution in [0, 0.1) is 17.6 Å². The molecule has 0 aliphatic carbocycles. The molecule has 0 saturated carbocycles. The van der Waals surface area contributed by atoms with E-state index in [0.29, 0.717) is 6.54 Å². The Morgan fingerprint density at radius 1 is 1.30 bits per heavy atom. The summed E-state index contributed by atoms with van der Waals surface area (Å²) < 4.78 is 30.6. The Balaban J connectivity index is 2.86. The van der Waals surface area contributed by atoms with Crippen molar-refractivity contribution < 1.29 is 23.1 Å². The Kier molecular flexibility index (Phi) is 5.61. The van der Waals surface area contributed by atoms with Gasteiger partial charge in [0, 0.05) is 18.7 Å². The Morgan fingerprint density at radius 2 is 1.95 bits per heavy atom. The highest BCUT2D eigenvalue weighted by molar-refractivity contribution is 5.94. The summed E-state index contributed by atoms with van der Waals surface area (Å²) in [5, 5.41) is 0. The molecule has 1 amide bonds. The maximum atomic E-state index is 13.1. The van der Waals surface area contributed by atoms with Gasteiger partial charge in [-0.2, -0.15) is 0 Å². The Hall–Kier alpha value is -1.98. The van der Waals surface area contributed by atoms with Gasteiger partial charge in [0.25, 0.3) is 5.91 Å². The molecular formula is C14H17F2NO3. The highest BCUT2D eigenvalue weighted by Gasteiger charge is 2.22. The third-order valence-electron chi connectivity index (χ3n) is 2.93. The normalized spacial score (nSPS) is 11.8. The summed E-state index contributed by atoms with van der Waals surface area (Å²) in [6.07, 6.45) is 0. The molecule has 0 bridgehead atoms. The molecule has 110 valence electrons. The lowest BCUT2D eigenvalue weighted by atomic mass is 10.1. The van der Waals surface area contributed by atoms with E-state index in [2.05, 4.69) is 4.74 Å². The van der Waals surface area contributed by atoms with Crippen LogP contribution in [0.3, 0.4) is 0 Å². The molecule has 0 fully saturated rings. The van der Waals surface area contributed by atoms with E-state index in [4.69, 9.17) is 0 Å². The van der Waals surface area contributed by atoms with Crippen molar-refractivity contribution in [1.82, 2.24) is 4.90 Å². The number of ether oxygens (including phenoxy) is 1. The van der Waals surface area contributed by atoms with Gasteiger partial charge in [0.1, 0.15) is 0 Å². The Morgan fingerprint density at radius 3 is 2.45 bits per heavy atom. The lowest BCUT2D eigenvalue weighted by Crippen LogP contribution is -2.37. The number of carbonyl (C=O) groups is 2. The maximum absolute atomic E-state index is 13.1. The lowest BCUT2D eigenvalue weighted by Gasteiger charge is -2.23. The number of halogens is 2. The highest BCUT2D eigenvalue weighted by atomic mass is 19.2. The molecule has 0 aliphatic rings. The smallest absolute Gasteiger partial charge is 0.310 e. The number of esters is 1. The summed E-state index contributed by atoms with van der Waals surface area (Å²) in [6, 6.07) is 2.97. The Bertz CT molecular complexity index is 505. The molecule has 1 atom stereocenters. The molecule has 0 N–H and O–H groups in total. The van der Waals surface area contributed by atoms with E-state index in [0.717, 1.165) is 12.1 Å². The second-order valence-corrected chi connectivity index (χ2v) is 4.40. The largest absolute Gasteiger partial charge is 0.469 e. The van der Waals surface area contributed by atoms with Crippen molar-refractivity contribution in [2.45, 2.75) is 13.8 Å². The summed E-state index contributed by atoms with van der Waals surface area (Å²) in [4.78, 5) is 24.9. The first-order valence-electron chi connectivity index (χ1n) is 6.22. The number of nitrogens with zero attached hydrogens (tertiary/aromatic N) is 1. The second-order valence-electron chi connectivity index (χ2n) is 4.40. The zero-order chi connectivity index (χ0) is 15.3. The van der Waals surface area contributed by atoms with Crippen molar-refractivity contribution in [3.8, 4) is 0 Å². The van der Waals surface area contributed by atoms with Crippen molar-refractivity contribution >= 4 is 11.9 Å². The zero-order valence-electron chi connectivity index (χ0n) is 11.7. The first kappa shape index (κ1) is 16.1. The summed E-state index contributed by atoms with van der Waals surface area (Å²) in [6.45, 7) is 3.87. The molecule has 6 heteroatoms. The van der Waals surface area contributed by atoms with Gasteiger partial charge in [-0.15, -0.1) is 0 Å². The molecule has 0 saturated heterocycles. The third kappa shape index (κ3) is 3.76. The van der Waals surface area contributed by atoms with E-state index in [1.807, 2.05) is 0 Å². The second kappa shape index (κ2) is 6.98. The highest BCUT2D eigenvalue weighted by Crippen LogP contribution is 2.12. The average molecular weight is 285 g/mol. The van der Waals surface area contributed by atoms with Crippen LogP contribution in [0.1, 0.15) is 24.2 Å². The molecule has 0 spiro atoms. The lowest BCUT2D eigenvalue weighted by molar-refractivity contribution is -0.145. The molecule has 0 radical (unpaired) electrons. The van der Waals surface area contributed by atoms with Crippen LogP contribution in [0.5, 0.6) is 0 Å². The maximum Gasteiger partial charge on any atom is 0.310 e. The molecule has 0 aromatic heterocycles. The standard InChI is InChI=1S/C14H17F2NO3/c1-4-17(8-9(2)14(19)20-3)13(18)10-5-6-11(15)12(16)7-10/h5-7,9H,4,8H2,1-3H3. The fourth-order valence-corrected chi connectivity index (χ4v) is 1.77. The molecule has 1 aromatic carbocycles. The predicted molar refractivity (Wildman–Crippen MR) is 69.1 cm³/mol. The quantitative estimate of drug-likeness (QED) is 0.779. The number of hydrogen-bond acceptors (Lipinski definition) is 3. The van der Waals surface area contributed by atoms with E-state index in [9.17, 15) is 18.4 Å². The van der Waals surface area contributed by atoms with Crippen molar-refractivity contribution in [2.24, 2.45) is 5.92 Å². The van der Waals surface area contributed by atoms with Gasteiger partial charge in [0.2, 0.25) is 0 Å². The summed E-state index contributed by atoms with van der Waals surface area (Å²) in [5.41, 5.74) is 0.0443. The number of amides is 1. The van der Waals surface area contributed by atoms with Crippen molar-refractivity contribution in [2.75, 3.05) is 20.2 Å². The monoisotopic (exact) mass is 285 g/mol. The third-order valence-corrected chi connectivity index (χ3v) is 2.93. The van der Waals surface area contributed by atoms with Crippen LogP contribution >= 0.6 is 0 Å². The minimum absolute atomic E-state index is 0.0443. The summed E-state index contributed by atoms with van der Waals surface area (Å²) in [7, 11) is 1.27. The predicted octanol–water partition coefficient (Wildman–Crippen LogP) is 2.24. The van der Waals surface area contributed by atoms with Crippen LogP contribution in [-0.4, -0.2) is 37.0 Å². The number of carbonyl (C=O) groups excluding carboxylic acids is 2. The van der Waals surface area contributed by atoms with E-state index in [1.54, 1.807) is 13.8 Å². The topological polar surface area (TPSA) is 46.6 Å². The minimum atomic E-state index is -1.08. The minimum Gasteiger partial charge on any atom is -0.469 e. The first-order chi connectivity index (χ1) is 9.40. The van der Waals surface area contributed by atoms with E-state index in [1.165, 1.54) is 18.1 Å². The van der Waals surface area contributed by atoms with Crippen LogP contribution in [0.25, 0.3) is 0 Å². The van der Waals surface area contributed by atoms with Crippen molar-refractivity contribution in [3.05, 3.63) is 35.4 Å². The molecule has 1 rings (SSSR count). The van der Waals surface area contributed by atoms with Crippen LogP contribution < -0.4 is 0 Å². The average Bonchev–Trinajstić information content (AvgIpc) is 2.45. The number of rotatable bonds is 5. The van der Waals surface area contributed by atoms with Gasteiger partial charge in [0.15, 0.2) is 11.6 Å².